The van der Waals surface area contributed by atoms with Gasteiger partial charge in [0, 0.05) is 32.4 Å². The van der Waals surface area contributed by atoms with E-state index in [2.05, 4.69) is 20.6 Å². The number of hydrogen-bond acceptors (Lipinski definition) is 4. The van der Waals surface area contributed by atoms with Crippen LogP contribution in [0.2, 0.25) is 0 Å². The highest BCUT2D eigenvalue weighted by Crippen LogP contribution is 2.05. The average Bonchev–Trinajstić information content (AvgIpc) is 2.20. The molecule has 0 aliphatic heterocycles. The van der Waals surface area contributed by atoms with E-state index in [1.54, 1.807) is 19.4 Å². The second-order valence-corrected chi connectivity index (χ2v) is 2.84. The lowest BCUT2D eigenvalue weighted by Crippen LogP contribution is -2.21. The largest absolute Gasteiger partial charge is 0.368 e. The highest BCUT2D eigenvalue weighted by Gasteiger charge is 2.00. The minimum Gasteiger partial charge on any atom is -0.368 e. The Bertz CT molecular complexity index is 313. The van der Waals surface area contributed by atoms with Gasteiger partial charge in [-0.1, -0.05) is 0 Å². The van der Waals surface area contributed by atoms with E-state index >= 15 is 0 Å². The van der Waals surface area contributed by atoms with Gasteiger partial charge in [0.2, 0.25) is 5.91 Å². The van der Waals surface area contributed by atoms with Crippen molar-refractivity contribution in [2.75, 3.05) is 18.9 Å². The SMILES string of the molecule is CNC(=O)CCNc1nccnc1C. The van der Waals surface area contributed by atoms with E-state index in [4.69, 9.17) is 0 Å². The molecule has 5 nitrogen and oxygen atoms in total. The van der Waals surface area contributed by atoms with E-state index in [1.165, 1.54) is 0 Å². The van der Waals surface area contributed by atoms with Crippen molar-refractivity contribution in [1.29, 1.82) is 0 Å². The first-order valence-electron chi connectivity index (χ1n) is 4.46. The van der Waals surface area contributed by atoms with Crippen LogP contribution in [0.3, 0.4) is 0 Å². The molecule has 1 aromatic rings. The molecule has 0 unspecified atom stereocenters. The van der Waals surface area contributed by atoms with Crippen LogP contribution in [-0.4, -0.2) is 29.5 Å². The second kappa shape index (κ2) is 5.16. The molecule has 0 aliphatic carbocycles. The first-order chi connectivity index (χ1) is 6.74. The minimum atomic E-state index is 0.0130. The number of anilines is 1. The van der Waals surface area contributed by atoms with Gasteiger partial charge in [0.25, 0.3) is 0 Å². The molecule has 0 bridgehead atoms. The Morgan fingerprint density at radius 1 is 1.43 bits per heavy atom. The maximum atomic E-state index is 10.9. The van der Waals surface area contributed by atoms with Crippen molar-refractivity contribution < 1.29 is 4.79 Å². The van der Waals surface area contributed by atoms with Crippen LogP contribution in [-0.2, 0) is 4.79 Å². The fraction of sp³-hybridized carbons (Fsp3) is 0.444. The summed E-state index contributed by atoms with van der Waals surface area (Å²) < 4.78 is 0. The molecular weight excluding hydrogens is 180 g/mol. The number of carbonyl (C=O) groups excluding carboxylic acids is 1. The van der Waals surface area contributed by atoms with Crippen molar-refractivity contribution in [3.05, 3.63) is 18.1 Å². The Kier molecular flexibility index (Phi) is 3.84. The van der Waals surface area contributed by atoms with Crippen molar-refractivity contribution in [2.24, 2.45) is 0 Å². The molecule has 0 saturated carbocycles. The van der Waals surface area contributed by atoms with Crippen LogP contribution >= 0.6 is 0 Å². The zero-order valence-corrected chi connectivity index (χ0v) is 8.37. The van der Waals surface area contributed by atoms with E-state index in [9.17, 15) is 4.79 Å². The number of amides is 1. The molecule has 1 heterocycles. The van der Waals surface area contributed by atoms with Gasteiger partial charge in [-0.25, -0.2) is 4.98 Å². The highest BCUT2D eigenvalue weighted by molar-refractivity contribution is 5.76. The van der Waals surface area contributed by atoms with Crippen LogP contribution in [0.5, 0.6) is 0 Å². The molecule has 76 valence electrons. The van der Waals surface area contributed by atoms with Gasteiger partial charge in [0.15, 0.2) is 0 Å². The van der Waals surface area contributed by atoms with E-state index in [-0.39, 0.29) is 5.91 Å². The molecule has 0 saturated heterocycles. The summed E-state index contributed by atoms with van der Waals surface area (Å²) in [6, 6.07) is 0. The van der Waals surface area contributed by atoms with Crippen LogP contribution in [0.15, 0.2) is 12.4 Å². The molecule has 5 heteroatoms. The first-order valence-corrected chi connectivity index (χ1v) is 4.46. The fourth-order valence-corrected chi connectivity index (χ4v) is 1.00. The number of hydrogen-bond donors (Lipinski definition) is 2. The van der Waals surface area contributed by atoms with Gasteiger partial charge in [-0.3, -0.25) is 9.78 Å². The monoisotopic (exact) mass is 194 g/mol. The topological polar surface area (TPSA) is 66.9 Å². The third kappa shape index (κ3) is 3.01. The molecule has 2 N–H and O–H groups in total. The Labute approximate surface area is 83.0 Å². The molecule has 1 rings (SSSR count). The summed E-state index contributed by atoms with van der Waals surface area (Å²) in [6.07, 6.45) is 3.70. The van der Waals surface area contributed by atoms with Gasteiger partial charge >= 0.3 is 0 Å². The van der Waals surface area contributed by atoms with Gasteiger partial charge in [0.1, 0.15) is 5.82 Å². The van der Waals surface area contributed by atoms with Gasteiger partial charge in [-0.15, -0.1) is 0 Å². The summed E-state index contributed by atoms with van der Waals surface area (Å²) in [7, 11) is 1.62. The molecule has 0 spiro atoms. The molecule has 1 amide bonds. The molecule has 0 aromatic carbocycles. The third-order valence-corrected chi connectivity index (χ3v) is 1.80. The third-order valence-electron chi connectivity index (χ3n) is 1.80. The summed E-state index contributed by atoms with van der Waals surface area (Å²) >= 11 is 0. The quantitative estimate of drug-likeness (QED) is 0.725. The number of carbonyl (C=O) groups is 1. The van der Waals surface area contributed by atoms with Crippen molar-refractivity contribution in [3.8, 4) is 0 Å². The second-order valence-electron chi connectivity index (χ2n) is 2.84. The molecule has 0 atom stereocenters. The fourth-order valence-electron chi connectivity index (χ4n) is 1.00. The van der Waals surface area contributed by atoms with Crippen molar-refractivity contribution in [2.45, 2.75) is 13.3 Å². The summed E-state index contributed by atoms with van der Waals surface area (Å²) in [5.41, 5.74) is 0.837. The number of nitrogens with zero attached hydrogens (tertiary/aromatic N) is 2. The van der Waals surface area contributed by atoms with Crippen molar-refractivity contribution >= 4 is 11.7 Å². The van der Waals surface area contributed by atoms with Gasteiger partial charge in [-0.2, -0.15) is 0 Å². The Hall–Kier alpha value is -1.65. The summed E-state index contributed by atoms with van der Waals surface area (Å²) in [5.74, 6) is 0.746. The zero-order chi connectivity index (χ0) is 10.4. The van der Waals surface area contributed by atoms with Crippen molar-refractivity contribution in [3.63, 3.8) is 0 Å². The normalized spacial score (nSPS) is 9.57. The molecule has 0 aliphatic rings. The minimum absolute atomic E-state index is 0.0130. The first kappa shape index (κ1) is 10.4. The summed E-state index contributed by atoms with van der Waals surface area (Å²) in [5, 5.41) is 5.59. The maximum Gasteiger partial charge on any atom is 0.221 e. The average molecular weight is 194 g/mol. The predicted octanol–water partition coefficient (Wildman–Crippen LogP) is 0.333. The van der Waals surface area contributed by atoms with Gasteiger partial charge in [0.05, 0.1) is 5.69 Å². The molecule has 0 fully saturated rings. The van der Waals surface area contributed by atoms with Crippen molar-refractivity contribution in [1.82, 2.24) is 15.3 Å². The van der Waals surface area contributed by atoms with Crippen LogP contribution in [0.4, 0.5) is 5.82 Å². The van der Waals surface area contributed by atoms with E-state index in [0.717, 1.165) is 11.5 Å². The van der Waals surface area contributed by atoms with E-state index < -0.39 is 0 Å². The summed E-state index contributed by atoms with van der Waals surface area (Å²) in [4.78, 5) is 19.1. The zero-order valence-electron chi connectivity index (χ0n) is 8.37. The number of aryl methyl sites for hydroxylation is 1. The number of aromatic nitrogens is 2. The van der Waals surface area contributed by atoms with Crippen LogP contribution < -0.4 is 10.6 Å². The van der Waals surface area contributed by atoms with Crippen LogP contribution in [0, 0.1) is 6.92 Å². The lowest BCUT2D eigenvalue weighted by molar-refractivity contribution is -0.120. The Balaban J connectivity index is 2.39. The molecule has 1 aromatic heterocycles. The van der Waals surface area contributed by atoms with Crippen LogP contribution in [0.1, 0.15) is 12.1 Å². The van der Waals surface area contributed by atoms with Gasteiger partial charge in [-0.05, 0) is 6.92 Å². The predicted molar refractivity (Wildman–Crippen MR) is 53.9 cm³/mol. The smallest absolute Gasteiger partial charge is 0.221 e. The number of nitrogens with one attached hydrogen (secondary N) is 2. The lowest BCUT2D eigenvalue weighted by atomic mass is 10.4. The number of rotatable bonds is 4. The molecular formula is C9H14N4O. The van der Waals surface area contributed by atoms with E-state index in [0.29, 0.717) is 13.0 Å². The molecule has 0 radical (unpaired) electrons. The van der Waals surface area contributed by atoms with E-state index in [1.807, 2.05) is 6.92 Å². The van der Waals surface area contributed by atoms with Crippen LogP contribution in [0.25, 0.3) is 0 Å². The summed E-state index contributed by atoms with van der Waals surface area (Å²) in [6.45, 7) is 2.44. The Morgan fingerprint density at radius 3 is 2.79 bits per heavy atom. The maximum absolute atomic E-state index is 10.9. The molecule has 14 heavy (non-hydrogen) atoms. The lowest BCUT2D eigenvalue weighted by Gasteiger charge is -2.06. The van der Waals surface area contributed by atoms with Gasteiger partial charge < -0.3 is 10.6 Å². The Morgan fingerprint density at radius 2 is 2.14 bits per heavy atom. The standard InChI is InChI=1S/C9H14N4O/c1-7-9(13-6-5-11-7)12-4-3-8(14)10-2/h5-6H,3-4H2,1-2H3,(H,10,14)(H,12,13). The highest BCUT2D eigenvalue weighted by atomic mass is 16.1.